The summed E-state index contributed by atoms with van der Waals surface area (Å²) in [4.78, 5) is 26.2. The number of ether oxygens (including phenoxy) is 2. The molecule has 0 aliphatic heterocycles. The number of fused-ring (bicyclic) bond motifs is 1. The third-order valence-corrected chi connectivity index (χ3v) is 6.25. The number of thiophene rings is 1. The standard InChI is InChI=1S/C23H29NO4S/c1-4-27-23(26)21-18-12-9-16(3)14-19(18)29-22(21)24-20(25)6-5-13-28-17-10-7-15(2)8-11-17/h7-8,10-11,16H,4-6,9,12-14H2,1-3H3,(H,24,25)/t16-/m1/s1. The third kappa shape index (κ3) is 5.60. The fourth-order valence-electron chi connectivity index (χ4n) is 3.50. The average Bonchev–Trinajstić information content (AvgIpc) is 3.03. The molecule has 1 aliphatic carbocycles. The first-order valence-electron chi connectivity index (χ1n) is 10.3. The van der Waals surface area contributed by atoms with E-state index in [1.54, 1.807) is 6.92 Å². The smallest absolute Gasteiger partial charge is 0.341 e. The molecule has 0 radical (unpaired) electrons. The van der Waals surface area contributed by atoms with Crippen molar-refractivity contribution < 1.29 is 19.1 Å². The Labute approximate surface area is 176 Å². The van der Waals surface area contributed by atoms with Crippen molar-refractivity contribution in [3.05, 3.63) is 45.8 Å². The molecule has 1 atom stereocenters. The minimum absolute atomic E-state index is 0.102. The van der Waals surface area contributed by atoms with Crippen molar-refractivity contribution >= 4 is 28.2 Å². The average molecular weight is 416 g/mol. The van der Waals surface area contributed by atoms with E-state index in [0.29, 0.717) is 42.5 Å². The Morgan fingerprint density at radius 3 is 2.72 bits per heavy atom. The highest BCUT2D eigenvalue weighted by Gasteiger charge is 2.29. The van der Waals surface area contributed by atoms with Gasteiger partial charge in [0.15, 0.2) is 0 Å². The predicted molar refractivity (Wildman–Crippen MR) is 116 cm³/mol. The minimum Gasteiger partial charge on any atom is -0.494 e. The van der Waals surface area contributed by atoms with E-state index in [1.165, 1.54) is 21.8 Å². The van der Waals surface area contributed by atoms with E-state index >= 15 is 0 Å². The maximum atomic E-state index is 12.5. The zero-order valence-electron chi connectivity index (χ0n) is 17.4. The van der Waals surface area contributed by atoms with Crippen LogP contribution >= 0.6 is 11.3 Å². The van der Waals surface area contributed by atoms with Crippen LogP contribution < -0.4 is 10.1 Å². The topological polar surface area (TPSA) is 64.6 Å². The number of esters is 1. The Hall–Kier alpha value is -2.34. The maximum Gasteiger partial charge on any atom is 0.341 e. The van der Waals surface area contributed by atoms with Gasteiger partial charge < -0.3 is 14.8 Å². The molecule has 0 saturated heterocycles. The van der Waals surface area contributed by atoms with Crippen molar-refractivity contribution in [2.75, 3.05) is 18.5 Å². The van der Waals surface area contributed by atoms with Gasteiger partial charge in [0.1, 0.15) is 10.8 Å². The van der Waals surface area contributed by atoms with E-state index in [4.69, 9.17) is 9.47 Å². The summed E-state index contributed by atoms with van der Waals surface area (Å²) in [5.41, 5.74) is 2.80. The maximum absolute atomic E-state index is 12.5. The van der Waals surface area contributed by atoms with Gasteiger partial charge in [-0.2, -0.15) is 0 Å². The summed E-state index contributed by atoms with van der Waals surface area (Å²) in [6.07, 6.45) is 3.82. The normalized spacial score (nSPS) is 15.5. The molecule has 0 saturated carbocycles. The van der Waals surface area contributed by atoms with Gasteiger partial charge in [0.25, 0.3) is 0 Å². The van der Waals surface area contributed by atoms with Crippen LogP contribution in [0.3, 0.4) is 0 Å². The van der Waals surface area contributed by atoms with E-state index in [9.17, 15) is 9.59 Å². The second kappa shape index (κ2) is 9.92. The first kappa shape index (κ1) is 21.4. The number of benzene rings is 1. The molecule has 2 aromatic rings. The molecule has 5 nitrogen and oxygen atoms in total. The Bertz CT molecular complexity index is 857. The van der Waals surface area contributed by atoms with Gasteiger partial charge in [-0.05, 0) is 63.1 Å². The lowest BCUT2D eigenvalue weighted by molar-refractivity contribution is -0.116. The fourth-order valence-corrected chi connectivity index (χ4v) is 4.92. The molecule has 1 N–H and O–H groups in total. The van der Waals surface area contributed by atoms with Gasteiger partial charge in [-0.1, -0.05) is 24.6 Å². The van der Waals surface area contributed by atoms with Crippen LogP contribution in [0.5, 0.6) is 5.75 Å². The van der Waals surface area contributed by atoms with Crippen LogP contribution in [-0.4, -0.2) is 25.1 Å². The molecule has 1 aromatic heterocycles. The molecule has 0 unspecified atom stereocenters. The molecule has 29 heavy (non-hydrogen) atoms. The van der Waals surface area contributed by atoms with E-state index in [0.717, 1.165) is 30.6 Å². The van der Waals surface area contributed by atoms with Crippen molar-refractivity contribution in [1.82, 2.24) is 0 Å². The monoisotopic (exact) mass is 415 g/mol. The fraction of sp³-hybridized carbons (Fsp3) is 0.478. The second-order valence-electron chi connectivity index (χ2n) is 7.59. The van der Waals surface area contributed by atoms with Gasteiger partial charge >= 0.3 is 5.97 Å². The number of aryl methyl sites for hydroxylation is 1. The van der Waals surface area contributed by atoms with Crippen molar-refractivity contribution in [1.29, 1.82) is 0 Å². The summed E-state index contributed by atoms with van der Waals surface area (Å²) in [5.74, 6) is 0.964. The van der Waals surface area contributed by atoms with Gasteiger partial charge in [-0.25, -0.2) is 4.79 Å². The summed E-state index contributed by atoms with van der Waals surface area (Å²) in [6, 6.07) is 7.85. The van der Waals surface area contributed by atoms with Crippen molar-refractivity contribution in [2.45, 2.75) is 52.9 Å². The molecule has 1 heterocycles. The highest BCUT2D eigenvalue weighted by atomic mass is 32.1. The molecule has 1 aromatic carbocycles. The number of amides is 1. The van der Waals surface area contributed by atoms with E-state index < -0.39 is 0 Å². The molecule has 1 amide bonds. The van der Waals surface area contributed by atoms with Gasteiger partial charge in [-0.15, -0.1) is 11.3 Å². The number of carbonyl (C=O) groups excluding carboxylic acids is 2. The largest absolute Gasteiger partial charge is 0.494 e. The molecule has 0 spiro atoms. The van der Waals surface area contributed by atoms with Gasteiger partial charge in [0.05, 0.1) is 18.8 Å². The lowest BCUT2D eigenvalue weighted by Gasteiger charge is -2.18. The predicted octanol–water partition coefficient (Wildman–Crippen LogP) is 5.16. The Kier molecular flexibility index (Phi) is 7.31. The third-order valence-electron chi connectivity index (χ3n) is 5.08. The number of hydrogen-bond donors (Lipinski definition) is 1. The van der Waals surface area contributed by atoms with Gasteiger partial charge in [0.2, 0.25) is 5.91 Å². The number of anilines is 1. The molecule has 6 heteroatoms. The lowest BCUT2D eigenvalue weighted by Crippen LogP contribution is -2.17. The highest BCUT2D eigenvalue weighted by molar-refractivity contribution is 7.17. The zero-order valence-corrected chi connectivity index (χ0v) is 18.2. The highest BCUT2D eigenvalue weighted by Crippen LogP contribution is 2.40. The quantitative estimate of drug-likeness (QED) is 0.478. The van der Waals surface area contributed by atoms with Crippen LogP contribution in [0.15, 0.2) is 24.3 Å². The number of rotatable bonds is 8. The zero-order chi connectivity index (χ0) is 20.8. The molecule has 0 bridgehead atoms. The lowest BCUT2D eigenvalue weighted by atomic mass is 9.88. The van der Waals surface area contributed by atoms with Gasteiger partial charge in [0, 0.05) is 11.3 Å². The Morgan fingerprint density at radius 1 is 1.24 bits per heavy atom. The number of carbonyl (C=O) groups is 2. The molecule has 1 aliphatic rings. The molecule has 156 valence electrons. The van der Waals surface area contributed by atoms with Crippen molar-refractivity contribution in [2.24, 2.45) is 5.92 Å². The summed E-state index contributed by atoms with van der Waals surface area (Å²) >= 11 is 1.52. The Morgan fingerprint density at radius 2 is 2.00 bits per heavy atom. The summed E-state index contributed by atoms with van der Waals surface area (Å²) in [6.45, 7) is 6.84. The molecular weight excluding hydrogens is 386 g/mol. The number of hydrogen-bond acceptors (Lipinski definition) is 5. The van der Waals surface area contributed by atoms with Crippen LogP contribution in [0.4, 0.5) is 5.00 Å². The molecule has 3 rings (SSSR count). The number of nitrogens with one attached hydrogen (secondary N) is 1. The minimum atomic E-state index is -0.336. The van der Waals surface area contributed by atoms with Crippen molar-refractivity contribution in [3.63, 3.8) is 0 Å². The molecular formula is C23H29NO4S. The van der Waals surface area contributed by atoms with Crippen LogP contribution in [0.2, 0.25) is 0 Å². The van der Waals surface area contributed by atoms with Gasteiger partial charge in [-0.3, -0.25) is 4.79 Å². The first-order chi connectivity index (χ1) is 14.0. The summed E-state index contributed by atoms with van der Waals surface area (Å²) < 4.78 is 10.9. The van der Waals surface area contributed by atoms with Crippen LogP contribution in [0, 0.1) is 12.8 Å². The summed E-state index contributed by atoms with van der Waals surface area (Å²) in [5, 5.41) is 3.58. The van der Waals surface area contributed by atoms with E-state index in [2.05, 4.69) is 12.2 Å². The molecule has 0 fully saturated rings. The van der Waals surface area contributed by atoms with E-state index in [1.807, 2.05) is 31.2 Å². The first-order valence-corrected chi connectivity index (χ1v) is 11.1. The Balaban J connectivity index is 1.59. The summed E-state index contributed by atoms with van der Waals surface area (Å²) in [7, 11) is 0. The second-order valence-corrected chi connectivity index (χ2v) is 8.69. The van der Waals surface area contributed by atoms with E-state index in [-0.39, 0.29) is 11.9 Å². The van der Waals surface area contributed by atoms with Crippen LogP contribution in [0.1, 0.15) is 59.5 Å². The SMILES string of the molecule is CCOC(=O)c1c(NC(=O)CCCOc2ccc(C)cc2)sc2c1CC[C@@H](C)C2. The van der Waals surface area contributed by atoms with Crippen molar-refractivity contribution in [3.8, 4) is 5.75 Å². The van der Waals surface area contributed by atoms with Crippen LogP contribution in [-0.2, 0) is 22.4 Å². The van der Waals surface area contributed by atoms with Crippen LogP contribution in [0.25, 0.3) is 0 Å².